The summed E-state index contributed by atoms with van der Waals surface area (Å²) >= 11 is 14.4. The third-order valence-corrected chi connectivity index (χ3v) is 12.0. The number of phenolic OH excluding ortho intramolecular Hbond substituents is 1. The number of alkyl halides is 2. The summed E-state index contributed by atoms with van der Waals surface area (Å²) in [5.74, 6) is -23.5. The Balaban J connectivity index is 1.46. The first-order chi connectivity index (χ1) is 25.0. The van der Waals surface area contributed by atoms with Crippen LogP contribution in [0.3, 0.4) is 0 Å². The zero-order valence-corrected chi connectivity index (χ0v) is 29.1. The zero-order valence-electron chi connectivity index (χ0n) is 27.6. The molecule has 0 spiro atoms. The molecule has 1 N–H and O–H groups in total. The Hall–Kier alpha value is -5.02. The van der Waals surface area contributed by atoms with Crippen LogP contribution in [-0.2, 0) is 19.2 Å². The van der Waals surface area contributed by atoms with Gasteiger partial charge < -0.3 is 14.6 Å². The van der Waals surface area contributed by atoms with E-state index in [1.807, 2.05) is 0 Å². The Morgan fingerprint density at radius 2 is 1.36 bits per heavy atom. The number of rotatable bonds is 6. The number of hydrogen-bond donors (Lipinski definition) is 1. The van der Waals surface area contributed by atoms with Gasteiger partial charge in [0.2, 0.25) is 17.6 Å². The van der Waals surface area contributed by atoms with E-state index < -0.39 is 104 Å². The van der Waals surface area contributed by atoms with Crippen molar-refractivity contribution in [2.24, 2.45) is 17.8 Å². The average Bonchev–Trinajstić information content (AvgIpc) is 3.47. The number of amides is 4. The van der Waals surface area contributed by atoms with Crippen molar-refractivity contribution in [2.45, 2.75) is 35.4 Å². The lowest BCUT2D eigenvalue weighted by Crippen LogP contribution is -2.60. The minimum absolute atomic E-state index is 0.117. The summed E-state index contributed by atoms with van der Waals surface area (Å²) in [5, 5.41) is 10.5. The molecule has 4 aliphatic rings. The lowest BCUT2D eigenvalue weighted by Gasteiger charge is -2.51. The quantitative estimate of drug-likeness (QED) is 0.0607. The van der Waals surface area contributed by atoms with Crippen LogP contribution in [0.25, 0.3) is 0 Å². The summed E-state index contributed by atoms with van der Waals surface area (Å²) in [4.78, 5) is 64.1. The third-order valence-electron chi connectivity index (χ3n) is 10.6. The number of phenols is 1. The molecule has 6 atom stereocenters. The van der Waals surface area contributed by atoms with Crippen molar-refractivity contribution >= 4 is 64.0 Å². The van der Waals surface area contributed by atoms with Crippen molar-refractivity contribution in [3.8, 4) is 17.2 Å². The van der Waals surface area contributed by atoms with E-state index in [0.717, 1.165) is 17.0 Å². The number of Topliss-reactive ketones (excluding diaryl/α,β-unsaturated/α-hetero) is 1. The van der Waals surface area contributed by atoms with Crippen molar-refractivity contribution in [3.63, 3.8) is 0 Å². The largest absolute Gasteiger partial charge is 0.508 e. The molecule has 7 rings (SSSR count). The van der Waals surface area contributed by atoms with Crippen LogP contribution < -0.4 is 19.3 Å². The lowest BCUT2D eigenvalue weighted by molar-refractivity contribution is -0.125. The fourth-order valence-corrected chi connectivity index (χ4v) is 9.11. The molecule has 1 saturated carbocycles. The highest BCUT2D eigenvalue weighted by molar-refractivity contribution is 6.58. The summed E-state index contributed by atoms with van der Waals surface area (Å²) in [7, 11) is 2.35. The molecule has 2 heterocycles. The second kappa shape index (κ2) is 12.3. The van der Waals surface area contributed by atoms with E-state index in [1.165, 1.54) is 51.5 Å². The van der Waals surface area contributed by atoms with Gasteiger partial charge in [-0.1, -0.05) is 11.6 Å². The number of fused-ring (bicyclic) bond motifs is 4. The molecule has 0 aromatic heterocycles. The number of carbonyl (C=O) groups excluding carboxylic acids is 5. The first-order valence-electron chi connectivity index (χ1n) is 15.9. The summed E-state index contributed by atoms with van der Waals surface area (Å²) in [6.07, 6.45) is 0.667. The minimum atomic E-state index is -2.84. The fourth-order valence-electron chi connectivity index (χ4n) is 8.19. The molecule has 2 aliphatic carbocycles. The van der Waals surface area contributed by atoms with Crippen LogP contribution in [0, 0.1) is 46.8 Å². The predicted octanol–water partition coefficient (Wildman–Crippen LogP) is 6.08. The van der Waals surface area contributed by atoms with Crippen LogP contribution in [0.2, 0.25) is 0 Å². The van der Waals surface area contributed by atoms with E-state index in [2.05, 4.69) is 0 Å². The molecular formula is C36H25Cl2F5N2O8. The number of hydrogen-bond acceptors (Lipinski definition) is 8. The average molecular weight is 779 g/mol. The Morgan fingerprint density at radius 3 is 1.89 bits per heavy atom. The van der Waals surface area contributed by atoms with Gasteiger partial charge in [-0.3, -0.25) is 28.9 Å². The molecule has 0 unspecified atom stereocenters. The number of nitrogens with zero attached hydrogens (tertiary/aromatic N) is 2. The maximum atomic E-state index is 15.3. The molecule has 276 valence electrons. The van der Waals surface area contributed by atoms with Crippen LogP contribution in [0.4, 0.5) is 33.3 Å². The molecular weight excluding hydrogens is 754 g/mol. The number of halogens is 7. The van der Waals surface area contributed by atoms with E-state index >= 15 is 8.78 Å². The van der Waals surface area contributed by atoms with E-state index in [-0.39, 0.29) is 45.4 Å². The Morgan fingerprint density at radius 1 is 0.811 bits per heavy atom. The summed E-state index contributed by atoms with van der Waals surface area (Å²) in [6.45, 7) is 1.33. The molecule has 0 radical (unpaired) electrons. The maximum Gasteiger partial charge on any atom is 0.258 e. The second-order valence-electron chi connectivity index (χ2n) is 13.1. The number of ketones is 1. The Kier molecular flexibility index (Phi) is 8.41. The summed E-state index contributed by atoms with van der Waals surface area (Å²) in [6, 6.07) is 7.86. The molecule has 2 saturated heterocycles. The predicted molar refractivity (Wildman–Crippen MR) is 177 cm³/mol. The second-order valence-corrected chi connectivity index (χ2v) is 14.3. The highest BCUT2D eigenvalue weighted by Crippen LogP contribution is 2.68. The standard InChI is InChI=1S/C36H25Cl2F5N2O8/c1-13(46)14-4-6-15(7-5-14)44-31(48)18-9-8-17-19(22(18)32(44)49)12-35(37)33(50)45(30-28(42)26(40)25(39)27(41)29(30)43)34(51)36(35,38)24(17)23-20(52-2)10-16(47)11-21(23)53-3/h4-8,10-11,18-19,22,24,47H,9,12H2,1-3H3/t18-,19+,22-,24+,35+,36-/m0/s1. The number of imide groups is 2. The fraction of sp³-hybridized carbons (Fsp3) is 0.306. The third kappa shape index (κ3) is 4.72. The van der Waals surface area contributed by atoms with Crippen LogP contribution >= 0.6 is 23.2 Å². The Labute approximate surface area is 306 Å². The Bertz CT molecular complexity index is 2180. The molecule has 4 amide bonds. The summed E-state index contributed by atoms with van der Waals surface area (Å²) in [5.41, 5.74) is -1.46. The molecule has 17 heteroatoms. The number of methoxy groups -OCH3 is 2. The number of ether oxygens (including phenoxy) is 2. The van der Waals surface area contributed by atoms with Gasteiger partial charge in [0.25, 0.3) is 11.8 Å². The molecule has 53 heavy (non-hydrogen) atoms. The first kappa shape index (κ1) is 36.3. The normalized spacial score (nSPS) is 27.8. The topological polar surface area (TPSA) is 131 Å². The molecule has 10 nitrogen and oxygen atoms in total. The molecule has 0 bridgehead atoms. The van der Waals surface area contributed by atoms with Crippen LogP contribution in [-0.4, -0.2) is 58.5 Å². The van der Waals surface area contributed by atoms with E-state index in [4.69, 9.17) is 32.7 Å². The van der Waals surface area contributed by atoms with Gasteiger partial charge in [-0.25, -0.2) is 26.9 Å². The van der Waals surface area contributed by atoms with Gasteiger partial charge in [-0.2, -0.15) is 0 Å². The number of anilines is 2. The number of carbonyl (C=O) groups is 5. The van der Waals surface area contributed by atoms with Crippen molar-refractivity contribution in [3.05, 3.63) is 88.3 Å². The van der Waals surface area contributed by atoms with Gasteiger partial charge in [-0.15, -0.1) is 23.2 Å². The number of allylic oxidation sites excluding steroid dienone is 2. The van der Waals surface area contributed by atoms with E-state index in [9.17, 15) is 42.3 Å². The maximum absolute atomic E-state index is 15.3. The summed E-state index contributed by atoms with van der Waals surface area (Å²) < 4.78 is 84.9. The molecule has 2 aliphatic heterocycles. The molecule has 3 aromatic rings. The van der Waals surface area contributed by atoms with Crippen LogP contribution in [0.15, 0.2) is 48.0 Å². The minimum Gasteiger partial charge on any atom is -0.508 e. The molecule has 3 fully saturated rings. The highest BCUT2D eigenvalue weighted by Gasteiger charge is 2.77. The van der Waals surface area contributed by atoms with Crippen LogP contribution in [0.1, 0.15) is 41.6 Å². The van der Waals surface area contributed by atoms with E-state index in [0.29, 0.717) is 5.56 Å². The van der Waals surface area contributed by atoms with E-state index in [1.54, 1.807) is 0 Å². The van der Waals surface area contributed by atoms with Crippen molar-refractivity contribution < 1.29 is 60.5 Å². The van der Waals surface area contributed by atoms with Gasteiger partial charge in [0.1, 0.15) is 22.9 Å². The van der Waals surface area contributed by atoms with Gasteiger partial charge in [-0.05, 0) is 49.9 Å². The number of benzene rings is 3. The zero-order chi connectivity index (χ0) is 38.6. The van der Waals surface area contributed by atoms with Gasteiger partial charge >= 0.3 is 0 Å². The SMILES string of the molecule is COc1cc(O)cc(OC)c1[C@H]1C2=CC[C@@H]3C(=O)N(c4ccc(C(C)=O)cc4)C(=O)[C@@H]3[C@@H]2C[C@@]2(Cl)C(=O)N(c3c(F)c(F)c(F)c(F)c3F)C(=O)[C@@]12Cl. The number of aromatic hydroxyl groups is 1. The van der Waals surface area contributed by atoms with Crippen LogP contribution in [0.5, 0.6) is 17.2 Å². The highest BCUT2D eigenvalue weighted by atomic mass is 35.5. The first-order valence-corrected chi connectivity index (χ1v) is 16.6. The van der Waals surface area contributed by atoms with Gasteiger partial charge in [0.15, 0.2) is 38.8 Å². The smallest absolute Gasteiger partial charge is 0.258 e. The van der Waals surface area contributed by atoms with Crippen molar-refractivity contribution in [2.75, 3.05) is 24.0 Å². The van der Waals surface area contributed by atoms with Gasteiger partial charge in [0, 0.05) is 29.2 Å². The van der Waals surface area contributed by atoms with Crippen molar-refractivity contribution in [1.29, 1.82) is 0 Å². The lowest BCUT2D eigenvalue weighted by atomic mass is 9.56. The monoisotopic (exact) mass is 778 g/mol. The van der Waals surface area contributed by atoms with Crippen molar-refractivity contribution in [1.82, 2.24) is 0 Å². The van der Waals surface area contributed by atoms with Gasteiger partial charge in [0.05, 0.1) is 31.7 Å². The molecule has 3 aromatic carbocycles.